The Balaban J connectivity index is 2.35. The molecule has 0 radical (unpaired) electrons. The van der Waals surface area contributed by atoms with Gasteiger partial charge in [-0.1, -0.05) is 30.7 Å². The zero-order chi connectivity index (χ0) is 21.1. The van der Waals surface area contributed by atoms with Crippen LogP contribution in [0.1, 0.15) is 35.3 Å². The molecule has 2 rings (SSSR count). The van der Waals surface area contributed by atoms with Crippen LogP contribution in [0.25, 0.3) is 0 Å². The van der Waals surface area contributed by atoms with Crippen molar-refractivity contribution in [1.29, 1.82) is 0 Å². The van der Waals surface area contributed by atoms with E-state index in [1.807, 2.05) is 0 Å². The van der Waals surface area contributed by atoms with Gasteiger partial charge in [-0.05, 0) is 42.3 Å². The van der Waals surface area contributed by atoms with E-state index in [0.29, 0.717) is 12.0 Å². The molecule has 1 atom stereocenters. The average Bonchev–Trinajstić information content (AvgIpc) is 2.65. The topological polar surface area (TPSA) is 107 Å². The second-order valence-corrected chi connectivity index (χ2v) is 10.2. The average molecular weight is 446 g/mol. The second kappa shape index (κ2) is 8.60. The summed E-state index contributed by atoms with van der Waals surface area (Å²) in [7, 11) is -6.15. The van der Waals surface area contributed by atoms with Gasteiger partial charge in [0.15, 0.2) is 9.84 Å². The number of methoxy groups -OCH3 is 1. The van der Waals surface area contributed by atoms with E-state index in [2.05, 4.69) is 9.46 Å². The quantitative estimate of drug-likeness (QED) is 0.656. The number of sulfone groups is 1. The first-order valence-electron chi connectivity index (χ1n) is 8.19. The third-order valence-corrected chi connectivity index (χ3v) is 7.00. The van der Waals surface area contributed by atoms with E-state index >= 15 is 0 Å². The minimum absolute atomic E-state index is 0.0578. The highest BCUT2D eigenvalue weighted by Crippen LogP contribution is 2.25. The molecule has 1 N–H and O–H groups in total. The van der Waals surface area contributed by atoms with Crippen molar-refractivity contribution in [2.75, 3.05) is 13.4 Å². The van der Waals surface area contributed by atoms with Crippen LogP contribution in [0.4, 0.5) is 0 Å². The Morgan fingerprint density at radius 3 is 2.14 bits per heavy atom. The number of nitrogens with one attached hydrogen (secondary N) is 1. The summed E-state index contributed by atoms with van der Waals surface area (Å²) in [6, 6.07) is 9.15. The SMILES string of the molecule is CC[C@H](NS(=O)(=O)c1ccc(Cl)c(C(=O)OC)c1)c1ccc(S(C)(=O)=O)cc1. The van der Waals surface area contributed by atoms with Crippen LogP contribution in [-0.4, -0.2) is 36.2 Å². The number of halogens is 1. The van der Waals surface area contributed by atoms with Gasteiger partial charge in [0.1, 0.15) is 0 Å². The Morgan fingerprint density at radius 2 is 1.64 bits per heavy atom. The lowest BCUT2D eigenvalue weighted by molar-refractivity contribution is 0.0600. The predicted octanol–water partition coefficient (Wildman–Crippen LogP) is 2.96. The van der Waals surface area contributed by atoms with Crippen molar-refractivity contribution < 1.29 is 26.4 Å². The molecule has 7 nitrogen and oxygen atoms in total. The summed E-state index contributed by atoms with van der Waals surface area (Å²) in [5, 5.41) is 0.0780. The molecule has 0 unspecified atom stereocenters. The van der Waals surface area contributed by atoms with Crippen molar-refractivity contribution in [1.82, 2.24) is 4.72 Å². The zero-order valence-corrected chi connectivity index (χ0v) is 17.9. The van der Waals surface area contributed by atoms with Gasteiger partial charge in [-0.3, -0.25) is 0 Å². The van der Waals surface area contributed by atoms with Crippen LogP contribution in [0.5, 0.6) is 0 Å². The maximum Gasteiger partial charge on any atom is 0.339 e. The molecule has 10 heteroatoms. The standard InChI is InChI=1S/C18H20ClNO6S2/c1-4-17(12-5-7-13(8-6-12)27(3,22)23)20-28(24,25)14-9-10-16(19)15(11-14)18(21)26-2/h5-11,17,20H,4H2,1-3H3/t17-/m0/s1. The van der Waals surface area contributed by atoms with Crippen molar-refractivity contribution in [2.24, 2.45) is 0 Å². The van der Waals surface area contributed by atoms with E-state index in [-0.39, 0.29) is 20.4 Å². The van der Waals surface area contributed by atoms with E-state index in [0.717, 1.165) is 12.3 Å². The molecule has 0 bridgehead atoms. The molecular formula is C18H20ClNO6S2. The third kappa shape index (κ3) is 5.11. The number of carbonyl (C=O) groups excluding carboxylic acids is 1. The molecule has 28 heavy (non-hydrogen) atoms. The Kier molecular flexibility index (Phi) is 6.87. The highest BCUT2D eigenvalue weighted by Gasteiger charge is 2.23. The number of hydrogen-bond donors (Lipinski definition) is 1. The summed E-state index contributed by atoms with van der Waals surface area (Å²) >= 11 is 5.94. The van der Waals surface area contributed by atoms with Gasteiger partial charge in [0, 0.05) is 12.3 Å². The summed E-state index contributed by atoms with van der Waals surface area (Å²) in [4.78, 5) is 11.8. The molecule has 0 amide bonds. The summed E-state index contributed by atoms with van der Waals surface area (Å²) < 4.78 is 55.9. The first kappa shape index (κ1) is 22.4. The van der Waals surface area contributed by atoms with Crippen LogP contribution in [0, 0.1) is 0 Å². The van der Waals surface area contributed by atoms with E-state index in [4.69, 9.17) is 11.6 Å². The first-order chi connectivity index (χ1) is 13.0. The van der Waals surface area contributed by atoms with Crippen LogP contribution in [0.2, 0.25) is 5.02 Å². The molecule has 0 spiro atoms. The number of sulfonamides is 1. The summed E-state index contributed by atoms with van der Waals surface area (Å²) in [5.74, 6) is -0.745. The minimum Gasteiger partial charge on any atom is -0.465 e. The van der Waals surface area contributed by atoms with Gasteiger partial charge in [-0.15, -0.1) is 0 Å². The van der Waals surface area contributed by atoms with Crippen molar-refractivity contribution in [3.8, 4) is 0 Å². The van der Waals surface area contributed by atoms with E-state index in [1.54, 1.807) is 19.1 Å². The minimum atomic E-state index is -3.97. The van der Waals surface area contributed by atoms with Gasteiger partial charge in [-0.2, -0.15) is 0 Å². The maximum atomic E-state index is 12.8. The van der Waals surface area contributed by atoms with Crippen molar-refractivity contribution >= 4 is 37.4 Å². The zero-order valence-electron chi connectivity index (χ0n) is 15.5. The lowest BCUT2D eigenvalue weighted by Crippen LogP contribution is -2.28. The Morgan fingerprint density at radius 1 is 1.07 bits per heavy atom. The van der Waals surface area contributed by atoms with Crippen LogP contribution in [-0.2, 0) is 24.6 Å². The Bertz CT molecular complexity index is 1080. The monoisotopic (exact) mass is 445 g/mol. The number of hydrogen-bond acceptors (Lipinski definition) is 6. The van der Waals surface area contributed by atoms with Gasteiger partial charge in [0.25, 0.3) is 0 Å². The largest absolute Gasteiger partial charge is 0.465 e. The van der Waals surface area contributed by atoms with Crippen LogP contribution in [0.15, 0.2) is 52.3 Å². The molecule has 2 aromatic rings. The summed E-state index contributed by atoms with van der Waals surface area (Å²) in [6.45, 7) is 1.79. The normalized spacial score (nSPS) is 13.1. The molecule has 0 saturated heterocycles. The van der Waals surface area contributed by atoms with Crippen molar-refractivity contribution in [2.45, 2.75) is 29.2 Å². The third-order valence-electron chi connectivity index (χ3n) is 4.07. The van der Waals surface area contributed by atoms with Crippen LogP contribution in [0.3, 0.4) is 0 Å². The number of rotatable bonds is 7. The van der Waals surface area contributed by atoms with E-state index < -0.39 is 31.9 Å². The number of ether oxygens (including phenoxy) is 1. The molecule has 0 aliphatic rings. The second-order valence-electron chi connectivity index (χ2n) is 6.06. The summed E-state index contributed by atoms with van der Waals surface area (Å²) in [5.41, 5.74) is 0.554. The fourth-order valence-electron chi connectivity index (χ4n) is 2.53. The van der Waals surface area contributed by atoms with Gasteiger partial charge >= 0.3 is 5.97 Å². The van der Waals surface area contributed by atoms with Crippen LogP contribution < -0.4 is 4.72 Å². The van der Waals surface area contributed by atoms with Crippen molar-refractivity contribution in [3.05, 3.63) is 58.6 Å². The fraction of sp³-hybridized carbons (Fsp3) is 0.278. The number of esters is 1. The molecule has 0 saturated carbocycles. The molecule has 0 fully saturated rings. The predicted molar refractivity (Wildman–Crippen MR) is 106 cm³/mol. The fourth-order valence-corrected chi connectivity index (χ4v) is 4.69. The highest BCUT2D eigenvalue weighted by molar-refractivity contribution is 7.90. The lowest BCUT2D eigenvalue weighted by Gasteiger charge is -2.18. The molecule has 0 aliphatic heterocycles. The molecule has 152 valence electrons. The van der Waals surface area contributed by atoms with Gasteiger partial charge in [0.05, 0.1) is 27.5 Å². The molecule has 0 aliphatic carbocycles. The Hall–Kier alpha value is -1.94. The van der Waals surface area contributed by atoms with Gasteiger partial charge < -0.3 is 4.74 Å². The van der Waals surface area contributed by atoms with E-state index in [9.17, 15) is 21.6 Å². The van der Waals surface area contributed by atoms with Crippen molar-refractivity contribution in [3.63, 3.8) is 0 Å². The van der Waals surface area contributed by atoms with Gasteiger partial charge in [-0.25, -0.2) is 26.4 Å². The lowest BCUT2D eigenvalue weighted by atomic mass is 10.1. The summed E-state index contributed by atoms with van der Waals surface area (Å²) in [6.07, 6.45) is 1.52. The Labute approximate surface area is 169 Å². The first-order valence-corrected chi connectivity index (χ1v) is 11.9. The molecular weight excluding hydrogens is 426 g/mol. The maximum absolute atomic E-state index is 12.8. The smallest absolute Gasteiger partial charge is 0.339 e. The molecule has 0 heterocycles. The molecule has 2 aromatic carbocycles. The van der Waals surface area contributed by atoms with Gasteiger partial charge in [0.2, 0.25) is 10.0 Å². The van der Waals surface area contributed by atoms with E-state index in [1.165, 1.54) is 31.4 Å². The number of carbonyl (C=O) groups is 1. The molecule has 0 aromatic heterocycles. The highest BCUT2D eigenvalue weighted by atomic mass is 35.5. The number of benzene rings is 2. The van der Waals surface area contributed by atoms with Crippen LogP contribution >= 0.6 is 11.6 Å².